The van der Waals surface area contributed by atoms with Gasteiger partial charge in [-0.05, 0) is 6.92 Å². The van der Waals surface area contributed by atoms with Crippen LogP contribution in [-0.2, 0) is 26.4 Å². The number of hydrogen-bond acceptors (Lipinski definition) is 7. The number of nitrogens with two attached hydrogens (primary N) is 1. The van der Waals surface area contributed by atoms with Crippen LogP contribution in [0, 0.1) is 0 Å². The van der Waals surface area contributed by atoms with Crippen molar-refractivity contribution in [3.63, 3.8) is 0 Å². The quantitative estimate of drug-likeness (QED) is 0.647. The smallest absolute Gasteiger partial charge is 0.252 e. The molecule has 1 rings (SSSR count). The number of methoxy groups -OCH3 is 2. The Kier molecular flexibility index (Phi) is 5.49. The summed E-state index contributed by atoms with van der Waals surface area (Å²) in [6.07, 6.45) is 0. The SMILES string of the molecule is COCCOCc1nc(C(C)(N)COC)no1. The van der Waals surface area contributed by atoms with Crippen molar-refractivity contribution in [1.82, 2.24) is 10.1 Å². The van der Waals surface area contributed by atoms with Gasteiger partial charge in [0.1, 0.15) is 12.1 Å². The molecule has 17 heavy (non-hydrogen) atoms. The Labute approximate surface area is 100 Å². The fourth-order valence-corrected chi connectivity index (χ4v) is 1.21. The highest BCUT2D eigenvalue weighted by Crippen LogP contribution is 2.14. The van der Waals surface area contributed by atoms with Crippen LogP contribution >= 0.6 is 0 Å². The molecular weight excluding hydrogens is 226 g/mol. The molecule has 7 heteroatoms. The number of hydrogen-bond donors (Lipinski definition) is 1. The zero-order valence-electron chi connectivity index (χ0n) is 10.4. The lowest BCUT2D eigenvalue weighted by Gasteiger charge is -2.18. The summed E-state index contributed by atoms with van der Waals surface area (Å²) in [4.78, 5) is 4.15. The summed E-state index contributed by atoms with van der Waals surface area (Å²) in [5.74, 6) is 0.800. The van der Waals surface area contributed by atoms with E-state index in [2.05, 4.69) is 10.1 Å². The van der Waals surface area contributed by atoms with E-state index < -0.39 is 5.54 Å². The Bertz CT molecular complexity index is 327. The van der Waals surface area contributed by atoms with Gasteiger partial charge in [-0.25, -0.2) is 0 Å². The molecule has 98 valence electrons. The first-order valence-electron chi connectivity index (χ1n) is 5.27. The fourth-order valence-electron chi connectivity index (χ4n) is 1.21. The molecule has 0 aliphatic carbocycles. The molecule has 0 spiro atoms. The predicted molar refractivity (Wildman–Crippen MR) is 59.2 cm³/mol. The van der Waals surface area contributed by atoms with E-state index in [-0.39, 0.29) is 6.61 Å². The van der Waals surface area contributed by atoms with Crippen molar-refractivity contribution in [1.29, 1.82) is 0 Å². The van der Waals surface area contributed by atoms with Crippen molar-refractivity contribution in [2.45, 2.75) is 19.1 Å². The van der Waals surface area contributed by atoms with Gasteiger partial charge in [0.05, 0.1) is 19.8 Å². The highest BCUT2D eigenvalue weighted by molar-refractivity contribution is 5.01. The second-order valence-electron chi connectivity index (χ2n) is 3.91. The second kappa shape index (κ2) is 6.65. The molecule has 0 aliphatic rings. The molecule has 0 radical (unpaired) electrons. The normalized spacial score (nSPS) is 14.8. The van der Waals surface area contributed by atoms with Crippen LogP contribution in [0.25, 0.3) is 0 Å². The van der Waals surface area contributed by atoms with Gasteiger partial charge in [-0.15, -0.1) is 0 Å². The highest BCUT2D eigenvalue weighted by Gasteiger charge is 2.27. The summed E-state index contributed by atoms with van der Waals surface area (Å²) < 4.78 is 20.1. The summed E-state index contributed by atoms with van der Waals surface area (Å²) in [5.41, 5.74) is 5.21. The molecular formula is C10H19N3O4. The molecule has 0 aromatic carbocycles. The van der Waals surface area contributed by atoms with Crippen molar-refractivity contribution in [2.75, 3.05) is 34.0 Å². The van der Waals surface area contributed by atoms with Crippen LogP contribution < -0.4 is 5.73 Å². The third-order valence-electron chi connectivity index (χ3n) is 2.08. The fraction of sp³-hybridized carbons (Fsp3) is 0.800. The van der Waals surface area contributed by atoms with Gasteiger partial charge >= 0.3 is 0 Å². The maximum absolute atomic E-state index is 5.97. The lowest BCUT2D eigenvalue weighted by Crippen LogP contribution is -2.39. The summed E-state index contributed by atoms with van der Waals surface area (Å²) in [6, 6.07) is 0. The van der Waals surface area contributed by atoms with Crippen LogP contribution in [0.5, 0.6) is 0 Å². The maximum Gasteiger partial charge on any atom is 0.252 e. The maximum atomic E-state index is 5.97. The molecule has 1 atom stereocenters. The number of rotatable bonds is 8. The molecule has 1 aromatic rings. The molecule has 0 fully saturated rings. The molecule has 0 bridgehead atoms. The first-order valence-corrected chi connectivity index (χ1v) is 5.27. The number of aromatic nitrogens is 2. The summed E-state index contributed by atoms with van der Waals surface area (Å²) >= 11 is 0. The van der Waals surface area contributed by atoms with Crippen LogP contribution in [0.2, 0.25) is 0 Å². The van der Waals surface area contributed by atoms with E-state index in [1.807, 2.05) is 0 Å². The van der Waals surface area contributed by atoms with Crippen LogP contribution in [0.15, 0.2) is 4.52 Å². The van der Waals surface area contributed by atoms with Crippen molar-refractivity contribution < 1.29 is 18.7 Å². The first kappa shape index (κ1) is 14.0. The molecule has 7 nitrogen and oxygen atoms in total. The van der Waals surface area contributed by atoms with Gasteiger partial charge < -0.3 is 24.5 Å². The van der Waals surface area contributed by atoms with Gasteiger partial charge in [0.25, 0.3) is 5.89 Å². The molecule has 0 saturated heterocycles. The number of ether oxygens (including phenoxy) is 3. The summed E-state index contributed by atoms with van der Waals surface area (Å²) in [6.45, 7) is 3.35. The van der Waals surface area contributed by atoms with Crippen LogP contribution in [0.1, 0.15) is 18.6 Å². The van der Waals surface area contributed by atoms with Crippen molar-refractivity contribution >= 4 is 0 Å². The van der Waals surface area contributed by atoms with E-state index in [1.165, 1.54) is 0 Å². The Morgan fingerprint density at radius 1 is 1.29 bits per heavy atom. The third kappa shape index (κ3) is 4.39. The topological polar surface area (TPSA) is 92.6 Å². The van der Waals surface area contributed by atoms with Crippen molar-refractivity contribution in [3.05, 3.63) is 11.7 Å². The van der Waals surface area contributed by atoms with Crippen LogP contribution in [0.4, 0.5) is 0 Å². The Morgan fingerprint density at radius 2 is 2.06 bits per heavy atom. The Morgan fingerprint density at radius 3 is 2.71 bits per heavy atom. The van der Waals surface area contributed by atoms with Gasteiger partial charge in [0.15, 0.2) is 5.82 Å². The minimum Gasteiger partial charge on any atom is -0.382 e. The standard InChI is InChI=1S/C10H19N3O4/c1-10(11,7-15-3)9-12-8(17-13-9)6-16-5-4-14-2/h4-7,11H2,1-3H3. The Balaban J connectivity index is 2.47. The zero-order valence-corrected chi connectivity index (χ0v) is 10.4. The minimum atomic E-state index is -0.761. The van der Waals surface area contributed by atoms with Crippen LogP contribution in [0.3, 0.4) is 0 Å². The average molecular weight is 245 g/mol. The average Bonchev–Trinajstić information content (AvgIpc) is 2.74. The lowest BCUT2D eigenvalue weighted by molar-refractivity contribution is 0.0494. The Hall–Kier alpha value is -1.02. The molecule has 0 aliphatic heterocycles. The summed E-state index contributed by atoms with van der Waals surface area (Å²) in [7, 11) is 3.18. The van der Waals surface area contributed by atoms with Crippen molar-refractivity contribution in [3.8, 4) is 0 Å². The number of nitrogens with zero attached hydrogens (tertiary/aromatic N) is 2. The zero-order chi connectivity index (χ0) is 12.7. The van der Waals surface area contributed by atoms with Gasteiger partial charge in [0.2, 0.25) is 0 Å². The van der Waals surface area contributed by atoms with E-state index in [4.69, 9.17) is 24.5 Å². The largest absolute Gasteiger partial charge is 0.382 e. The second-order valence-corrected chi connectivity index (χ2v) is 3.91. The van der Waals surface area contributed by atoms with Gasteiger partial charge in [-0.1, -0.05) is 5.16 Å². The van der Waals surface area contributed by atoms with E-state index in [1.54, 1.807) is 21.1 Å². The monoisotopic (exact) mass is 245 g/mol. The molecule has 0 amide bonds. The molecule has 0 saturated carbocycles. The molecule has 1 aromatic heterocycles. The van der Waals surface area contributed by atoms with Gasteiger partial charge in [-0.2, -0.15) is 4.98 Å². The summed E-state index contributed by atoms with van der Waals surface area (Å²) in [5, 5.41) is 3.80. The van der Waals surface area contributed by atoms with Crippen LogP contribution in [-0.4, -0.2) is 44.2 Å². The van der Waals surface area contributed by atoms with Crippen molar-refractivity contribution in [2.24, 2.45) is 5.73 Å². The highest BCUT2D eigenvalue weighted by atomic mass is 16.5. The van der Waals surface area contributed by atoms with E-state index in [0.29, 0.717) is 31.5 Å². The first-order chi connectivity index (χ1) is 8.10. The molecule has 1 unspecified atom stereocenters. The third-order valence-corrected chi connectivity index (χ3v) is 2.08. The molecule has 1 heterocycles. The van der Waals surface area contributed by atoms with E-state index >= 15 is 0 Å². The van der Waals surface area contributed by atoms with Gasteiger partial charge in [0, 0.05) is 14.2 Å². The minimum absolute atomic E-state index is 0.249. The molecule has 2 N–H and O–H groups in total. The van der Waals surface area contributed by atoms with E-state index in [9.17, 15) is 0 Å². The predicted octanol–water partition coefficient (Wildman–Crippen LogP) is 0.0529. The van der Waals surface area contributed by atoms with Gasteiger partial charge in [-0.3, -0.25) is 0 Å². The van der Waals surface area contributed by atoms with E-state index in [0.717, 1.165) is 0 Å². The lowest BCUT2D eigenvalue weighted by atomic mass is 10.1.